The van der Waals surface area contributed by atoms with Crippen LogP contribution in [0.2, 0.25) is 0 Å². The third-order valence-corrected chi connectivity index (χ3v) is 4.59. The van der Waals surface area contributed by atoms with E-state index in [1.807, 2.05) is 0 Å². The molecule has 3 amide bonds. The maximum Gasteiger partial charge on any atom is 0.326 e. The quantitative estimate of drug-likeness (QED) is 0.574. The van der Waals surface area contributed by atoms with Crippen molar-refractivity contribution in [1.29, 1.82) is 0 Å². The molecule has 2 aromatic rings. The van der Waals surface area contributed by atoms with E-state index in [0.717, 1.165) is 11.0 Å². The van der Waals surface area contributed by atoms with Gasteiger partial charge in [-0.3, -0.25) is 24.1 Å². The number of hydrogen-bond donors (Lipinski definition) is 1. The molecule has 0 radical (unpaired) electrons. The van der Waals surface area contributed by atoms with Gasteiger partial charge in [-0.25, -0.2) is 8.78 Å². The number of carbonyl (C=O) groups is 4. The number of nitrogens with zero attached hydrogens (tertiary/aromatic N) is 1. The molecule has 1 aliphatic rings. The Labute approximate surface area is 170 Å². The molecule has 156 valence electrons. The van der Waals surface area contributed by atoms with Crippen molar-refractivity contribution in [2.24, 2.45) is 0 Å². The first-order valence-corrected chi connectivity index (χ1v) is 9.08. The average molecular weight is 416 g/mol. The molecule has 1 N–H and O–H groups in total. The lowest BCUT2D eigenvalue weighted by atomic mass is 9.98. The summed E-state index contributed by atoms with van der Waals surface area (Å²) in [6, 6.07) is 8.75. The minimum atomic E-state index is -0.938. The van der Waals surface area contributed by atoms with Gasteiger partial charge in [0, 0.05) is 17.2 Å². The Balaban J connectivity index is 1.52. The van der Waals surface area contributed by atoms with E-state index in [4.69, 9.17) is 4.74 Å². The van der Waals surface area contributed by atoms with E-state index >= 15 is 0 Å². The second-order valence-corrected chi connectivity index (χ2v) is 6.73. The first kappa shape index (κ1) is 21.1. The van der Waals surface area contributed by atoms with Crippen LogP contribution in [0.5, 0.6) is 0 Å². The van der Waals surface area contributed by atoms with Gasteiger partial charge in [0.1, 0.15) is 18.2 Å². The van der Waals surface area contributed by atoms with E-state index in [1.54, 1.807) is 24.3 Å². The third-order valence-electron chi connectivity index (χ3n) is 4.59. The van der Waals surface area contributed by atoms with Crippen LogP contribution in [-0.2, 0) is 25.5 Å². The fraction of sp³-hybridized carbons (Fsp3) is 0.238. The Hall–Kier alpha value is -3.62. The highest BCUT2D eigenvalue weighted by atomic mass is 19.1. The molecule has 2 aromatic carbocycles. The first-order chi connectivity index (χ1) is 14.3. The molecule has 0 saturated carbocycles. The van der Waals surface area contributed by atoms with E-state index < -0.39 is 54.5 Å². The number of nitrogens with one attached hydrogen (secondary N) is 1. The van der Waals surface area contributed by atoms with Crippen LogP contribution in [0.3, 0.4) is 0 Å². The van der Waals surface area contributed by atoms with Crippen molar-refractivity contribution in [2.45, 2.75) is 19.4 Å². The lowest BCUT2D eigenvalue weighted by molar-refractivity contribution is -0.151. The van der Waals surface area contributed by atoms with Gasteiger partial charge in [-0.1, -0.05) is 24.3 Å². The highest BCUT2D eigenvalue weighted by molar-refractivity contribution is 6.11. The molecule has 0 spiro atoms. The monoisotopic (exact) mass is 416 g/mol. The summed E-state index contributed by atoms with van der Waals surface area (Å²) >= 11 is 0. The van der Waals surface area contributed by atoms with Crippen LogP contribution in [0.1, 0.15) is 34.5 Å². The zero-order valence-corrected chi connectivity index (χ0v) is 16.0. The van der Waals surface area contributed by atoms with Gasteiger partial charge in [0.15, 0.2) is 6.61 Å². The zero-order chi connectivity index (χ0) is 21.8. The molecular formula is C21H18F2N2O5. The minimum absolute atomic E-state index is 0.0174. The summed E-state index contributed by atoms with van der Waals surface area (Å²) in [5.41, 5.74) is 0.982. The topological polar surface area (TPSA) is 92.8 Å². The summed E-state index contributed by atoms with van der Waals surface area (Å²) in [4.78, 5) is 49.3. The number of amides is 3. The fourth-order valence-corrected chi connectivity index (χ4v) is 3.09. The number of ether oxygens (including phenoxy) is 1. The number of hydrogen-bond acceptors (Lipinski definition) is 5. The van der Waals surface area contributed by atoms with Crippen molar-refractivity contribution in [3.05, 3.63) is 70.8 Å². The van der Waals surface area contributed by atoms with Gasteiger partial charge in [-0.05, 0) is 24.6 Å². The number of halogens is 2. The summed E-state index contributed by atoms with van der Waals surface area (Å²) in [5, 5.41) is 2.42. The second kappa shape index (κ2) is 8.81. The fourth-order valence-electron chi connectivity index (χ4n) is 3.09. The molecule has 7 nitrogen and oxygen atoms in total. The molecule has 30 heavy (non-hydrogen) atoms. The van der Waals surface area contributed by atoms with Gasteiger partial charge in [-0.15, -0.1) is 0 Å². The molecule has 1 atom stereocenters. The van der Waals surface area contributed by atoms with E-state index in [1.165, 1.54) is 13.0 Å². The summed E-state index contributed by atoms with van der Waals surface area (Å²) in [6.07, 6.45) is -0.0174. The minimum Gasteiger partial charge on any atom is -0.454 e. The van der Waals surface area contributed by atoms with Gasteiger partial charge in [0.05, 0.1) is 12.5 Å². The number of esters is 1. The van der Waals surface area contributed by atoms with Crippen LogP contribution in [0.4, 0.5) is 8.78 Å². The molecule has 0 aromatic heterocycles. The van der Waals surface area contributed by atoms with E-state index in [0.29, 0.717) is 17.2 Å². The van der Waals surface area contributed by atoms with Crippen molar-refractivity contribution in [2.75, 3.05) is 13.2 Å². The summed E-state index contributed by atoms with van der Waals surface area (Å²) < 4.78 is 31.6. The highest BCUT2D eigenvalue weighted by Crippen LogP contribution is 2.20. The van der Waals surface area contributed by atoms with Crippen LogP contribution in [0, 0.1) is 11.6 Å². The number of benzene rings is 2. The number of fused-ring (bicyclic) bond motifs is 1. The molecule has 1 aliphatic heterocycles. The SMILES string of the molecule is C[C@@H](NC(=O)COC(=O)CN1C(=O)Cc2ccccc2C1=O)c1ccc(F)cc1F. The molecule has 3 rings (SSSR count). The lowest BCUT2D eigenvalue weighted by Gasteiger charge is -2.25. The van der Waals surface area contributed by atoms with Crippen molar-refractivity contribution < 1.29 is 32.7 Å². The predicted molar refractivity (Wildman–Crippen MR) is 100 cm³/mol. The van der Waals surface area contributed by atoms with Crippen molar-refractivity contribution in [1.82, 2.24) is 10.2 Å². The molecule has 1 heterocycles. The zero-order valence-electron chi connectivity index (χ0n) is 16.0. The van der Waals surface area contributed by atoms with Gasteiger partial charge in [0.25, 0.3) is 11.8 Å². The van der Waals surface area contributed by atoms with Crippen LogP contribution in [-0.4, -0.2) is 41.7 Å². The van der Waals surface area contributed by atoms with E-state index in [-0.39, 0.29) is 12.0 Å². The Kier molecular flexibility index (Phi) is 6.20. The number of carbonyl (C=O) groups excluding carboxylic acids is 4. The Morgan fingerprint density at radius 2 is 1.90 bits per heavy atom. The van der Waals surface area contributed by atoms with Crippen LogP contribution < -0.4 is 5.32 Å². The molecule has 0 fully saturated rings. The van der Waals surface area contributed by atoms with Crippen LogP contribution in [0.15, 0.2) is 42.5 Å². The number of imide groups is 1. The van der Waals surface area contributed by atoms with Gasteiger partial charge >= 0.3 is 5.97 Å². The number of rotatable bonds is 6. The van der Waals surface area contributed by atoms with Crippen LogP contribution in [0.25, 0.3) is 0 Å². The molecule has 0 saturated heterocycles. The standard InChI is InChI=1S/C21H18F2N2O5/c1-12(15-7-6-14(22)9-17(15)23)24-18(26)11-30-20(28)10-25-19(27)8-13-4-2-3-5-16(13)21(25)29/h2-7,9,12H,8,10-11H2,1H3,(H,24,26)/t12-/m1/s1. The van der Waals surface area contributed by atoms with Gasteiger partial charge in [-0.2, -0.15) is 0 Å². The third kappa shape index (κ3) is 4.68. The van der Waals surface area contributed by atoms with Gasteiger partial charge < -0.3 is 10.1 Å². The van der Waals surface area contributed by atoms with E-state index in [9.17, 15) is 28.0 Å². The maximum absolute atomic E-state index is 13.8. The van der Waals surface area contributed by atoms with E-state index in [2.05, 4.69) is 5.32 Å². The Morgan fingerprint density at radius 3 is 2.63 bits per heavy atom. The summed E-state index contributed by atoms with van der Waals surface area (Å²) in [5.74, 6) is -4.37. The molecule has 0 unspecified atom stereocenters. The first-order valence-electron chi connectivity index (χ1n) is 9.08. The van der Waals surface area contributed by atoms with Crippen molar-refractivity contribution in [3.63, 3.8) is 0 Å². The Morgan fingerprint density at radius 1 is 1.17 bits per heavy atom. The predicted octanol–water partition coefficient (Wildman–Crippen LogP) is 1.91. The smallest absolute Gasteiger partial charge is 0.326 e. The second-order valence-electron chi connectivity index (χ2n) is 6.73. The summed E-state index contributed by atoms with van der Waals surface area (Å²) in [6.45, 7) is 0.179. The highest BCUT2D eigenvalue weighted by Gasteiger charge is 2.32. The van der Waals surface area contributed by atoms with Crippen molar-refractivity contribution >= 4 is 23.7 Å². The normalized spacial score (nSPS) is 14.2. The molecule has 9 heteroatoms. The maximum atomic E-state index is 13.8. The average Bonchev–Trinajstić information content (AvgIpc) is 2.69. The lowest BCUT2D eigenvalue weighted by Crippen LogP contribution is -2.45. The molecular weight excluding hydrogens is 398 g/mol. The largest absolute Gasteiger partial charge is 0.454 e. The van der Waals surface area contributed by atoms with Crippen LogP contribution >= 0.6 is 0 Å². The molecule has 0 bridgehead atoms. The van der Waals surface area contributed by atoms with Gasteiger partial charge in [0.2, 0.25) is 5.91 Å². The molecule has 0 aliphatic carbocycles. The Bertz CT molecular complexity index is 1020. The van der Waals surface area contributed by atoms with Crippen molar-refractivity contribution in [3.8, 4) is 0 Å². The summed E-state index contributed by atoms with van der Waals surface area (Å²) in [7, 11) is 0.